The Bertz CT molecular complexity index is 662. The summed E-state index contributed by atoms with van der Waals surface area (Å²) in [5.74, 6) is -0.440. The van der Waals surface area contributed by atoms with E-state index in [1.54, 1.807) is 0 Å². The molecule has 1 saturated carbocycles. The lowest BCUT2D eigenvalue weighted by Gasteiger charge is -2.31. The number of carbonyl (C=O) groups excluding carboxylic acids is 2. The van der Waals surface area contributed by atoms with Gasteiger partial charge in [-0.05, 0) is 56.7 Å². The van der Waals surface area contributed by atoms with Crippen LogP contribution in [0.3, 0.4) is 0 Å². The van der Waals surface area contributed by atoms with Gasteiger partial charge in [0.2, 0.25) is 11.8 Å². The molecule has 1 aromatic rings. The normalized spacial score (nSPS) is 19.9. The Balaban J connectivity index is 1.91. The molecule has 1 aliphatic rings. The van der Waals surface area contributed by atoms with E-state index in [4.69, 9.17) is 0 Å². The van der Waals surface area contributed by atoms with Crippen molar-refractivity contribution in [1.82, 2.24) is 4.90 Å². The summed E-state index contributed by atoms with van der Waals surface area (Å²) in [6, 6.07) is 4.66. The fourth-order valence-corrected chi connectivity index (χ4v) is 3.75. The van der Waals surface area contributed by atoms with Gasteiger partial charge in [-0.3, -0.25) is 9.59 Å². The SMILES string of the molecule is CCCN(CCC)C(=O)C1CCC(C(=O)Nc2cccc(C(F)(F)F)c2)CC1. The van der Waals surface area contributed by atoms with Gasteiger partial charge in [0, 0.05) is 30.6 Å². The van der Waals surface area contributed by atoms with Gasteiger partial charge in [-0.15, -0.1) is 0 Å². The van der Waals surface area contributed by atoms with E-state index in [1.807, 2.05) is 18.7 Å². The van der Waals surface area contributed by atoms with Crippen LogP contribution in [0.4, 0.5) is 18.9 Å². The molecule has 4 nitrogen and oxygen atoms in total. The molecule has 1 N–H and O–H groups in total. The van der Waals surface area contributed by atoms with Crippen molar-refractivity contribution in [2.24, 2.45) is 11.8 Å². The minimum Gasteiger partial charge on any atom is -0.342 e. The highest BCUT2D eigenvalue weighted by Gasteiger charge is 2.33. The molecule has 0 bridgehead atoms. The summed E-state index contributed by atoms with van der Waals surface area (Å²) in [4.78, 5) is 27.1. The van der Waals surface area contributed by atoms with E-state index in [0.29, 0.717) is 25.7 Å². The number of rotatable bonds is 7. The van der Waals surface area contributed by atoms with Gasteiger partial charge >= 0.3 is 6.18 Å². The molecule has 7 heteroatoms. The van der Waals surface area contributed by atoms with Crippen LogP contribution in [0.5, 0.6) is 0 Å². The van der Waals surface area contributed by atoms with Gasteiger partial charge < -0.3 is 10.2 Å². The second kappa shape index (κ2) is 9.94. The van der Waals surface area contributed by atoms with Crippen LogP contribution in [0.2, 0.25) is 0 Å². The van der Waals surface area contributed by atoms with Gasteiger partial charge in [-0.1, -0.05) is 19.9 Å². The van der Waals surface area contributed by atoms with Crippen molar-refractivity contribution in [3.05, 3.63) is 29.8 Å². The Morgan fingerprint density at radius 2 is 1.61 bits per heavy atom. The molecule has 0 spiro atoms. The second-order valence-corrected chi connectivity index (χ2v) is 7.44. The lowest BCUT2D eigenvalue weighted by atomic mass is 9.80. The molecule has 1 aliphatic carbocycles. The van der Waals surface area contributed by atoms with Gasteiger partial charge in [0.25, 0.3) is 0 Å². The van der Waals surface area contributed by atoms with Crippen LogP contribution in [-0.2, 0) is 15.8 Å². The molecule has 2 rings (SSSR count). The molecule has 28 heavy (non-hydrogen) atoms. The van der Waals surface area contributed by atoms with Crippen LogP contribution in [0, 0.1) is 11.8 Å². The first-order valence-electron chi connectivity index (χ1n) is 10.0. The molecule has 0 aliphatic heterocycles. The number of nitrogens with zero attached hydrogens (tertiary/aromatic N) is 1. The number of hydrogen-bond donors (Lipinski definition) is 1. The topological polar surface area (TPSA) is 49.4 Å². The molecule has 0 radical (unpaired) electrons. The molecule has 0 aromatic heterocycles. The van der Waals surface area contributed by atoms with Gasteiger partial charge in [0.1, 0.15) is 0 Å². The van der Waals surface area contributed by atoms with Gasteiger partial charge in [-0.2, -0.15) is 13.2 Å². The zero-order valence-electron chi connectivity index (χ0n) is 16.5. The van der Waals surface area contributed by atoms with E-state index in [9.17, 15) is 22.8 Å². The largest absolute Gasteiger partial charge is 0.416 e. The highest BCUT2D eigenvalue weighted by Crippen LogP contribution is 2.33. The van der Waals surface area contributed by atoms with E-state index in [1.165, 1.54) is 12.1 Å². The smallest absolute Gasteiger partial charge is 0.342 e. The lowest BCUT2D eigenvalue weighted by Crippen LogP contribution is -2.39. The minimum absolute atomic E-state index is 0.0595. The molecule has 156 valence electrons. The third-order valence-corrected chi connectivity index (χ3v) is 5.20. The Morgan fingerprint density at radius 3 is 2.14 bits per heavy atom. The summed E-state index contributed by atoms with van der Waals surface area (Å²) in [5.41, 5.74) is -0.637. The lowest BCUT2D eigenvalue weighted by molar-refractivity contribution is -0.138. The Labute approximate surface area is 164 Å². The van der Waals surface area contributed by atoms with E-state index < -0.39 is 11.7 Å². The number of hydrogen-bond acceptors (Lipinski definition) is 2. The molecule has 1 aromatic carbocycles. The number of amides is 2. The van der Waals surface area contributed by atoms with E-state index in [2.05, 4.69) is 5.32 Å². The van der Waals surface area contributed by atoms with Gasteiger partial charge in [0.05, 0.1) is 5.56 Å². The van der Waals surface area contributed by atoms with Crippen LogP contribution in [0.15, 0.2) is 24.3 Å². The number of benzene rings is 1. The number of carbonyl (C=O) groups is 2. The van der Waals surface area contributed by atoms with Crippen molar-refractivity contribution >= 4 is 17.5 Å². The van der Waals surface area contributed by atoms with Crippen LogP contribution in [0.1, 0.15) is 57.9 Å². The third-order valence-electron chi connectivity index (χ3n) is 5.20. The minimum atomic E-state index is -4.44. The molecule has 0 unspecified atom stereocenters. The molecule has 2 amide bonds. The third kappa shape index (κ3) is 5.97. The zero-order valence-corrected chi connectivity index (χ0v) is 16.5. The van der Waals surface area contributed by atoms with Crippen molar-refractivity contribution in [3.8, 4) is 0 Å². The fraction of sp³-hybridized carbons (Fsp3) is 0.619. The molecule has 0 heterocycles. The maximum atomic E-state index is 12.8. The molecule has 0 atom stereocenters. The highest BCUT2D eigenvalue weighted by atomic mass is 19.4. The Morgan fingerprint density at radius 1 is 1.04 bits per heavy atom. The predicted octanol–water partition coefficient (Wildman–Crippen LogP) is 5.10. The van der Waals surface area contributed by atoms with E-state index in [-0.39, 0.29) is 29.3 Å². The van der Waals surface area contributed by atoms with Crippen molar-refractivity contribution < 1.29 is 22.8 Å². The first-order chi connectivity index (χ1) is 13.3. The van der Waals surface area contributed by atoms with Crippen molar-refractivity contribution in [2.75, 3.05) is 18.4 Å². The standard InChI is InChI=1S/C21H29F3N2O2/c1-3-12-26(13-4-2)20(28)16-10-8-15(9-11-16)19(27)25-18-7-5-6-17(14-18)21(22,23)24/h5-7,14-16H,3-4,8-13H2,1-2H3,(H,25,27). The first-order valence-corrected chi connectivity index (χ1v) is 10.0. The number of anilines is 1. The van der Waals surface area contributed by atoms with Crippen LogP contribution < -0.4 is 5.32 Å². The number of nitrogens with one attached hydrogen (secondary N) is 1. The summed E-state index contributed by atoms with van der Waals surface area (Å²) in [7, 11) is 0. The maximum Gasteiger partial charge on any atom is 0.416 e. The number of alkyl halides is 3. The summed E-state index contributed by atoms with van der Waals surface area (Å²) >= 11 is 0. The quantitative estimate of drug-likeness (QED) is 0.695. The molecule has 1 fully saturated rings. The summed E-state index contributed by atoms with van der Waals surface area (Å²) in [6.45, 7) is 5.60. The monoisotopic (exact) mass is 398 g/mol. The molecular formula is C21H29F3N2O2. The van der Waals surface area contributed by atoms with Gasteiger partial charge in [-0.25, -0.2) is 0 Å². The number of halogens is 3. The van der Waals surface area contributed by atoms with Crippen LogP contribution >= 0.6 is 0 Å². The fourth-order valence-electron chi connectivity index (χ4n) is 3.75. The van der Waals surface area contributed by atoms with Crippen molar-refractivity contribution in [1.29, 1.82) is 0 Å². The average Bonchev–Trinajstić information content (AvgIpc) is 2.67. The zero-order chi connectivity index (χ0) is 20.7. The average molecular weight is 398 g/mol. The summed E-state index contributed by atoms with van der Waals surface area (Å²) in [6.07, 6.45) is -0.170. The van der Waals surface area contributed by atoms with Crippen molar-refractivity contribution in [3.63, 3.8) is 0 Å². The first kappa shape index (κ1) is 22.2. The van der Waals surface area contributed by atoms with E-state index >= 15 is 0 Å². The van der Waals surface area contributed by atoms with Crippen LogP contribution in [0.25, 0.3) is 0 Å². The predicted molar refractivity (Wildman–Crippen MR) is 103 cm³/mol. The maximum absolute atomic E-state index is 12.8. The summed E-state index contributed by atoms with van der Waals surface area (Å²) < 4.78 is 38.4. The van der Waals surface area contributed by atoms with Crippen molar-refractivity contribution in [2.45, 2.75) is 58.5 Å². The summed E-state index contributed by atoms with van der Waals surface area (Å²) in [5, 5.41) is 2.60. The Hall–Kier alpha value is -2.05. The van der Waals surface area contributed by atoms with Gasteiger partial charge in [0.15, 0.2) is 0 Å². The van der Waals surface area contributed by atoms with Crippen LogP contribution in [-0.4, -0.2) is 29.8 Å². The molecular weight excluding hydrogens is 369 g/mol. The highest BCUT2D eigenvalue weighted by molar-refractivity contribution is 5.92. The van der Waals surface area contributed by atoms with E-state index in [0.717, 1.165) is 38.1 Å². The molecule has 0 saturated heterocycles. The Kier molecular flexibility index (Phi) is 7.89. The second-order valence-electron chi connectivity index (χ2n) is 7.44.